The molecule has 12 heteroatoms. The molecule has 59 heavy (non-hydrogen) atoms. The predicted octanol–water partition coefficient (Wildman–Crippen LogP) is 11.8. The minimum atomic E-state index is -2.17. The Hall–Kier alpha value is -0.679. The van der Waals surface area contributed by atoms with Crippen LogP contribution in [-0.2, 0) is 41.8 Å². The van der Waals surface area contributed by atoms with Crippen molar-refractivity contribution in [2.24, 2.45) is 11.8 Å². The fourth-order valence-corrected chi connectivity index (χ4v) is 13.8. The second-order valence-corrected chi connectivity index (χ2v) is 35.6. The van der Waals surface area contributed by atoms with E-state index in [2.05, 4.69) is 109 Å². The summed E-state index contributed by atoms with van der Waals surface area (Å²) in [6.45, 7) is 42.2. The number of carbonyl (C=O) groups is 1. The van der Waals surface area contributed by atoms with Crippen molar-refractivity contribution >= 4 is 30.9 Å². The zero-order valence-electron chi connectivity index (χ0n) is 40.8. The Morgan fingerprint density at radius 2 is 1.42 bits per heavy atom. The molecule has 0 N–H and O–H groups in total. The number of hydrogen-bond acceptors (Lipinski definition) is 9. The molecule has 0 aliphatic carbocycles. The molecule has 0 bridgehead atoms. The Morgan fingerprint density at radius 3 is 1.98 bits per heavy atom. The molecule has 3 saturated heterocycles. The van der Waals surface area contributed by atoms with E-state index in [0.29, 0.717) is 25.4 Å². The first kappa shape index (κ1) is 52.7. The molecule has 3 aliphatic rings. The number of rotatable bonds is 23. The lowest BCUT2D eigenvalue weighted by Crippen LogP contribution is -2.49. The maximum absolute atomic E-state index is 12.9. The van der Waals surface area contributed by atoms with E-state index in [1.54, 1.807) is 7.11 Å². The monoisotopic (exact) mass is 883 g/mol. The van der Waals surface area contributed by atoms with Crippen LogP contribution in [0.15, 0.2) is 24.3 Å². The van der Waals surface area contributed by atoms with Crippen molar-refractivity contribution in [2.45, 2.75) is 230 Å². The van der Waals surface area contributed by atoms with Crippen molar-refractivity contribution < 1.29 is 41.8 Å². The molecule has 0 spiro atoms. The Kier molecular flexibility index (Phi) is 19.9. The van der Waals surface area contributed by atoms with E-state index in [-0.39, 0.29) is 77.2 Å². The van der Waals surface area contributed by atoms with Gasteiger partial charge in [-0.15, -0.1) is 0 Å². The fourth-order valence-electron chi connectivity index (χ4n) is 8.76. The summed E-state index contributed by atoms with van der Waals surface area (Å²) in [6.07, 6.45) is 6.18. The molecule has 3 fully saturated rings. The van der Waals surface area contributed by atoms with Crippen LogP contribution in [0.5, 0.6) is 0 Å². The van der Waals surface area contributed by atoms with Crippen molar-refractivity contribution in [3.8, 4) is 0 Å². The third kappa shape index (κ3) is 14.4. The molecule has 0 aromatic rings. The molecular formula is C47H90O9Si3. The van der Waals surface area contributed by atoms with Crippen molar-refractivity contribution in [1.82, 2.24) is 0 Å². The lowest BCUT2D eigenvalue weighted by Gasteiger charge is -2.42. The highest BCUT2D eigenvalue weighted by atomic mass is 28.4. The number of carbonyl (C=O) groups excluding carboxylic acids is 1. The average molecular weight is 883 g/mol. The first-order valence-electron chi connectivity index (χ1n) is 23.2. The second-order valence-electron chi connectivity index (χ2n) is 21.3. The molecule has 3 rings (SSSR count). The van der Waals surface area contributed by atoms with Crippen LogP contribution in [0.4, 0.5) is 0 Å². The molecular weight excluding hydrogens is 793 g/mol. The smallest absolute Gasteiger partial charge is 0.305 e. The minimum absolute atomic E-state index is 0.0293. The van der Waals surface area contributed by atoms with Gasteiger partial charge in [0.05, 0.1) is 69.0 Å². The zero-order chi connectivity index (χ0) is 44.6. The maximum atomic E-state index is 12.9. The average Bonchev–Trinajstić information content (AvgIpc) is 3.67. The van der Waals surface area contributed by atoms with Crippen LogP contribution in [0.25, 0.3) is 0 Å². The Morgan fingerprint density at radius 1 is 0.814 bits per heavy atom. The van der Waals surface area contributed by atoms with Gasteiger partial charge in [0.25, 0.3) is 0 Å². The van der Waals surface area contributed by atoms with Crippen LogP contribution >= 0.6 is 0 Å². The van der Waals surface area contributed by atoms with Crippen LogP contribution in [-0.4, -0.2) is 107 Å². The highest BCUT2D eigenvalue weighted by Crippen LogP contribution is 2.44. The fraction of sp³-hybridized carbons (Fsp3) is 0.894. The summed E-state index contributed by atoms with van der Waals surface area (Å²) >= 11 is 0. The van der Waals surface area contributed by atoms with Crippen molar-refractivity contribution in [3.05, 3.63) is 24.3 Å². The first-order valence-corrected chi connectivity index (χ1v) is 31.6. The summed E-state index contributed by atoms with van der Waals surface area (Å²) in [7, 11) is -2.61. The molecule has 10 atom stereocenters. The summed E-state index contributed by atoms with van der Waals surface area (Å²) in [5.41, 5.74) is 2.29. The van der Waals surface area contributed by atoms with Gasteiger partial charge in [-0.25, -0.2) is 0 Å². The quantitative estimate of drug-likeness (QED) is 0.0431. The van der Waals surface area contributed by atoms with Crippen molar-refractivity contribution in [2.75, 3.05) is 27.4 Å². The molecule has 0 amide bonds. The SMILES string of the molecule is C=C1C[C@H](CCCO[Si](CC)(CC)CC)O[C@H]1CC[C@H]1C[C@@H](C)C(=C)[C@@H](C[C@@H]2O[C@H](C[C@@H](CO[Si](C)(C)C(C)(C)C)O[Si](C)(C)C(C)(C)C)[C@H](OC)[C@H]2CC(=O)OC)O1. The van der Waals surface area contributed by atoms with E-state index >= 15 is 0 Å². The number of methoxy groups -OCH3 is 2. The number of ether oxygens (including phenoxy) is 5. The lowest BCUT2D eigenvalue weighted by atomic mass is 9.82. The van der Waals surface area contributed by atoms with Crippen molar-refractivity contribution in [1.29, 1.82) is 0 Å². The topological polar surface area (TPSA) is 90.9 Å². The van der Waals surface area contributed by atoms with E-state index in [0.717, 1.165) is 50.7 Å². The van der Waals surface area contributed by atoms with Gasteiger partial charge in [-0.2, -0.15) is 0 Å². The lowest BCUT2D eigenvalue weighted by molar-refractivity contribution is -0.143. The predicted molar refractivity (Wildman–Crippen MR) is 250 cm³/mol. The Balaban J connectivity index is 1.71. The molecule has 0 saturated carbocycles. The van der Waals surface area contributed by atoms with E-state index in [1.165, 1.54) is 30.8 Å². The van der Waals surface area contributed by atoms with Gasteiger partial charge in [0.2, 0.25) is 0 Å². The van der Waals surface area contributed by atoms with Gasteiger partial charge < -0.3 is 37.0 Å². The Labute approximate surface area is 365 Å². The number of hydrogen-bond donors (Lipinski definition) is 0. The summed E-state index contributed by atoms with van der Waals surface area (Å²) < 4.78 is 52.4. The van der Waals surface area contributed by atoms with Gasteiger partial charge in [-0.3, -0.25) is 4.79 Å². The molecule has 0 unspecified atom stereocenters. The maximum Gasteiger partial charge on any atom is 0.305 e. The van der Waals surface area contributed by atoms with Crippen LogP contribution in [0, 0.1) is 11.8 Å². The third-order valence-electron chi connectivity index (χ3n) is 15.2. The van der Waals surface area contributed by atoms with E-state index in [1.807, 2.05) is 0 Å². The normalized spacial score (nSPS) is 29.3. The standard InChI is InChI=1S/C47H90O9Si3/c1-19-59(20-2,21-3)51-26-22-23-36-28-34(5)40(53-36)25-24-37-27-33(4)35(6)41(54-37)31-42-39(30-44(48)49-13)45(50-14)43(55-42)29-38(56-58(17,18)47(10,11)12)32-52-57(15,16)46(7,8)9/h33,36-43,45H,5-6,19-32H2,1-4,7-18H3/t33-,36+,37+,38+,39+,40+,41-,42+,43-,45-/m1/s1. The molecule has 344 valence electrons. The van der Waals surface area contributed by atoms with Gasteiger partial charge in [0.15, 0.2) is 25.0 Å². The summed E-state index contributed by atoms with van der Waals surface area (Å²) in [5.74, 6) is -0.174. The van der Waals surface area contributed by atoms with Gasteiger partial charge in [0, 0.05) is 32.5 Å². The van der Waals surface area contributed by atoms with Gasteiger partial charge in [-0.05, 0) is 110 Å². The third-order valence-corrected chi connectivity index (χ3v) is 29.0. The minimum Gasteiger partial charge on any atom is -0.469 e. The molecule has 0 aromatic heterocycles. The summed E-state index contributed by atoms with van der Waals surface area (Å²) in [6, 6.07) is 3.56. The summed E-state index contributed by atoms with van der Waals surface area (Å²) in [4.78, 5) is 12.9. The second kappa shape index (κ2) is 22.3. The highest BCUT2D eigenvalue weighted by Gasteiger charge is 2.50. The molecule has 0 aromatic carbocycles. The Bertz CT molecular complexity index is 1330. The number of esters is 1. The van der Waals surface area contributed by atoms with Crippen LogP contribution in [0.1, 0.15) is 127 Å². The van der Waals surface area contributed by atoms with E-state index < -0.39 is 25.0 Å². The van der Waals surface area contributed by atoms with E-state index in [4.69, 9.17) is 37.0 Å². The molecule has 3 heterocycles. The molecule has 9 nitrogen and oxygen atoms in total. The van der Waals surface area contributed by atoms with Crippen LogP contribution in [0.2, 0.25) is 54.4 Å². The zero-order valence-corrected chi connectivity index (χ0v) is 43.8. The van der Waals surface area contributed by atoms with Gasteiger partial charge in [-0.1, -0.05) is 82.4 Å². The summed E-state index contributed by atoms with van der Waals surface area (Å²) in [5, 5.41) is 0.102. The van der Waals surface area contributed by atoms with E-state index in [9.17, 15) is 4.79 Å². The van der Waals surface area contributed by atoms with Crippen molar-refractivity contribution in [3.63, 3.8) is 0 Å². The highest BCUT2D eigenvalue weighted by molar-refractivity contribution is 6.75. The first-order chi connectivity index (χ1) is 27.4. The van der Waals surface area contributed by atoms with Gasteiger partial charge in [0.1, 0.15) is 0 Å². The largest absolute Gasteiger partial charge is 0.469 e. The van der Waals surface area contributed by atoms with Gasteiger partial charge >= 0.3 is 5.97 Å². The van der Waals surface area contributed by atoms with Crippen LogP contribution in [0.3, 0.4) is 0 Å². The molecule has 0 radical (unpaired) electrons. The van der Waals surface area contributed by atoms with Crippen LogP contribution < -0.4 is 0 Å². The molecule has 3 aliphatic heterocycles.